The zero-order valence-corrected chi connectivity index (χ0v) is 23.3. The maximum atomic E-state index is 6.39. The van der Waals surface area contributed by atoms with E-state index in [1.807, 2.05) is 36.5 Å². The Bertz CT molecular complexity index is 1390. The van der Waals surface area contributed by atoms with E-state index < -0.39 is 0 Å². The van der Waals surface area contributed by atoms with Crippen LogP contribution in [-0.2, 0) is 4.74 Å². The zero-order chi connectivity index (χ0) is 27.5. The lowest BCUT2D eigenvalue weighted by atomic mass is 10.1. The van der Waals surface area contributed by atoms with Gasteiger partial charge >= 0.3 is 0 Å². The molecule has 3 atom stereocenters. The van der Waals surface area contributed by atoms with Gasteiger partial charge in [-0.2, -0.15) is 0 Å². The molecular formula is C31H37N7O2. The number of pyridine rings is 1. The van der Waals surface area contributed by atoms with Crippen LogP contribution < -0.4 is 20.3 Å². The molecule has 0 radical (unpaired) electrons. The summed E-state index contributed by atoms with van der Waals surface area (Å²) in [6.07, 6.45) is 5.43. The molecule has 5 heterocycles. The van der Waals surface area contributed by atoms with Crippen LogP contribution in [0.25, 0.3) is 11.3 Å². The van der Waals surface area contributed by atoms with Gasteiger partial charge in [0.1, 0.15) is 11.4 Å². The second-order valence-corrected chi connectivity index (χ2v) is 11.1. The molecule has 1 aromatic carbocycles. The Hall–Kier alpha value is -3.87. The summed E-state index contributed by atoms with van der Waals surface area (Å²) in [6, 6.07) is 14.8. The van der Waals surface area contributed by atoms with Gasteiger partial charge in [-0.3, -0.25) is 4.90 Å². The van der Waals surface area contributed by atoms with Gasteiger partial charge in [0.15, 0.2) is 12.6 Å². The third-order valence-corrected chi connectivity index (χ3v) is 8.19. The fraction of sp³-hybridized carbons (Fsp3) is 0.452. The van der Waals surface area contributed by atoms with E-state index in [-0.39, 0.29) is 6.79 Å². The normalized spacial score (nSPS) is 22.3. The fourth-order valence-electron chi connectivity index (χ4n) is 6.28. The lowest BCUT2D eigenvalue weighted by molar-refractivity contribution is 0.0515. The van der Waals surface area contributed by atoms with Crippen LogP contribution in [0.4, 0.5) is 17.2 Å². The first-order valence-corrected chi connectivity index (χ1v) is 14.1. The maximum Gasteiger partial charge on any atom is 0.188 e. The number of anilines is 3. The van der Waals surface area contributed by atoms with Crippen molar-refractivity contribution in [1.82, 2.24) is 20.1 Å². The molecule has 3 saturated heterocycles. The molecule has 6 rings (SSSR count). The van der Waals surface area contributed by atoms with Gasteiger partial charge in [-0.05, 0) is 68.0 Å². The lowest BCUT2D eigenvalue weighted by Crippen LogP contribution is -2.54. The zero-order valence-electron chi connectivity index (χ0n) is 23.3. The highest BCUT2D eigenvalue weighted by Gasteiger charge is 2.40. The highest BCUT2D eigenvalue weighted by atomic mass is 16.7. The van der Waals surface area contributed by atoms with Crippen molar-refractivity contribution in [3.63, 3.8) is 0 Å². The van der Waals surface area contributed by atoms with Gasteiger partial charge in [-0.15, -0.1) is 10.2 Å². The van der Waals surface area contributed by atoms with E-state index in [1.54, 1.807) is 7.11 Å². The van der Waals surface area contributed by atoms with Crippen molar-refractivity contribution in [1.29, 1.82) is 0 Å². The molecule has 0 amide bonds. The molecule has 0 saturated carbocycles. The number of likely N-dealkylation sites (tertiary alicyclic amines) is 1. The second kappa shape index (κ2) is 11.7. The number of nitrogens with zero attached hydrogens (tertiary/aromatic N) is 6. The smallest absolute Gasteiger partial charge is 0.188 e. The predicted molar refractivity (Wildman–Crippen MR) is 157 cm³/mol. The highest BCUT2D eigenvalue weighted by molar-refractivity contribution is 5.74. The first-order valence-electron chi connectivity index (χ1n) is 14.1. The molecule has 9 heteroatoms. The van der Waals surface area contributed by atoms with Gasteiger partial charge in [-0.1, -0.05) is 25.0 Å². The fourth-order valence-corrected chi connectivity index (χ4v) is 6.28. The SMILES string of the molecule is COCOc1ccccc1-c1cc(N2CC3CCC(C2)N3c2ccnc(C#CCN3CC[C@H](C)C3)c2)c(N)nn1. The molecule has 3 aliphatic rings. The van der Waals surface area contributed by atoms with E-state index in [9.17, 15) is 0 Å². The number of aromatic nitrogens is 3. The van der Waals surface area contributed by atoms with Crippen molar-refractivity contribution in [3.05, 3.63) is 54.4 Å². The van der Waals surface area contributed by atoms with Crippen molar-refractivity contribution >= 4 is 17.2 Å². The van der Waals surface area contributed by atoms with Gasteiger partial charge in [0.2, 0.25) is 0 Å². The monoisotopic (exact) mass is 539 g/mol. The summed E-state index contributed by atoms with van der Waals surface area (Å²) in [4.78, 5) is 11.9. The number of fused-ring (bicyclic) bond motifs is 2. The number of ether oxygens (including phenoxy) is 2. The molecule has 2 unspecified atom stereocenters. The van der Waals surface area contributed by atoms with Crippen molar-refractivity contribution in [3.8, 4) is 28.8 Å². The second-order valence-electron chi connectivity index (χ2n) is 11.1. The third-order valence-electron chi connectivity index (χ3n) is 8.19. The minimum Gasteiger partial charge on any atom is -0.467 e. The molecule has 3 aromatic rings. The topological polar surface area (TPSA) is 92.9 Å². The van der Waals surface area contributed by atoms with Crippen LogP contribution in [-0.4, -0.2) is 78.8 Å². The molecule has 3 aliphatic heterocycles. The summed E-state index contributed by atoms with van der Waals surface area (Å²) in [5.74, 6) is 8.57. The summed E-state index contributed by atoms with van der Waals surface area (Å²) < 4.78 is 10.9. The van der Waals surface area contributed by atoms with Crippen LogP contribution in [0, 0.1) is 17.8 Å². The number of nitrogen functional groups attached to an aromatic ring is 1. The molecule has 3 fully saturated rings. The minimum absolute atomic E-state index is 0.164. The summed E-state index contributed by atoms with van der Waals surface area (Å²) in [5.41, 5.74) is 10.9. The number of hydrogen-bond donors (Lipinski definition) is 1. The molecule has 0 spiro atoms. The van der Waals surface area contributed by atoms with Crippen LogP contribution in [0.3, 0.4) is 0 Å². The predicted octanol–water partition coefficient (Wildman–Crippen LogP) is 3.65. The van der Waals surface area contributed by atoms with Crippen LogP contribution in [0.15, 0.2) is 48.7 Å². The van der Waals surface area contributed by atoms with Crippen LogP contribution in [0.1, 0.15) is 31.9 Å². The summed E-state index contributed by atoms with van der Waals surface area (Å²) >= 11 is 0. The van der Waals surface area contributed by atoms with Crippen LogP contribution in [0.5, 0.6) is 5.75 Å². The minimum atomic E-state index is 0.164. The molecule has 40 heavy (non-hydrogen) atoms. The Kier molecular flexibility index (Phi) is 7.71. The van der Waals surface area contributed by atoms with Crippen molar-refractivity contribution in [2.24, 2.45) is 5.92 Å². The third kappa shape index (κ3) is 5.55. The van der Waals surface area contributed by atoms with Gasteiger partial charge in [0, 0.05) is 56.3 Å². The van der Waals surface area contributed by atoms with Crippen molar-refractivity contribution in [2.45, 2.75) is 38.3 Å². The van der Waals surface area contributed by atoms with Crippen molar-refractivity contribution in [2.75, 3.05) is 62.2 Å². The number of methoxy groups -OCH3 is 1. The Morgan fingerprint density at radius 2 is 1.85 bits per heavy atom. The summed E-state index contributed by atoms with van der Waals surface area (Å²) in [5, 5.41) is 8.73. The van der Waals surface area contributed by atoms with E-state index in [4.69, 9.17) is 15.2 Å². The van der Waals surface area contributed by atoms with Gasteiger partial charge < -0.3 is 25.0 Å². The molecule has 208 valence electrons. The van der Waals surface area contributed by atoms with E-state index in [0.29, 0.717) is 23.7 Å². The van der Waals surface area contributed by atoms with Gasteiger partial charge in [-0.25, -0.2) is 4.98 Å². The van der Waals surface area contributed by atoms with E-state index in [2.05, 4.69) is 60.8 Å². The van der Waals surface area contributed by atoms with Gasteiger partial charge in [0.05, 0.1) is 17.9 Å². The number of benzene rings is 1. The Balaban J connectivity index is 1.18. The average molecular weight is 540 g/mol. The van der Waals surface area contributed by atoms with E-state index in [1.165, 1.54) is 12.1 Å². The molecular weight excluding hydrogens is 502 g/mol. The lowest BCUT2D eigenvalue weighted by Gasteiger charge is -2.43. The molecule has 0 aliphatic carbocycles. The number of para-hydroxylation sites is 1. The van der Waals surface area contributed by atoms with Gasteiger partial charge in [0.25, 0.3) is 0 Å². The standard InChI is InChI=1S/C31H37N7O2/c1-22-12-15-36(18-22)14-5-6-23-16-24(11-13-33-23)38-25-9-10-26(38)20-37(19-25)29-17-28(34-35-31(29)32)27-7-3-4-8-30(27)40-21-39-2/h3-4,7-8,11,13,16-17,22,25-26H,9-10,12,14-15,18-21H2,1-2H3,(H2,32,35)/t22-,25?,26?/m0/s1. The highest BCUT2D eigenvalue weighted by Crippen LogP contribution is 2.39. The Morgan fingerprint density at radius 3 is 2.62 bits per heavy atom. The molecule has 2 aromatic heterocycles. The van der Waals surface area contributed by atoms with E-state index >= 15 is 0 Å². The molecule has 2 bridgehead atoms. The van der Waals surface area contributed by atoms with Crippen molar-refractivity contribution < 1.29 is 9.47 Å². The number of piperazine rings is 1. The number of hydrogen-bond acceptors (Lipinski definition) is 9. The largest absolute Gasteiger partial charge is 0.467 e. The first-order chi connectivity index (χ1) is 19.6. The first kappa shape index (κ1) is 26.4. The number of nitrogens with two attached hydrogens (primary N) is 1. The number of rotatable bonds is 7. The Labute approximate surface area is 236 Å². The summed E-state index contributed by atoms with van der Waals surface area (Å²) in [6.45, 7) is 7.30. The summed E-state index contributed by atoms with van der Waals surface area (Å²) in [7, 11) is 1.60. The molecule has 9 nitrogen and oxygen atoms in total. The Morgan fingerprint density at radius 1 is 1.02 bits per heavy atom. The maximum absolute atomic E-state index is 6.39. The quantitative estimate of drug-likeness (QED) is 0.357. The van der Waals surface area contributed by atoms with E-state index in [0.717, 1.165) is 74.1 Å². The van der Waals surface area contributed by atoms with Crippen LogP contribution >= 0.6 is 0 Å². The van der Waals surface area contributed by atoms with Crippen LogP contribution in [0.2, 0.25) is 0 Å². The average Bonchev–Trinajstić information content (AvgIpc) is 3.51. The molecule has 2 N–H and O–H groups in total.